The van der Waals surface area contributed by atoms with E-state index in [1.807, 2.05) is 6.26 Å². The monoisotopic (exact) mass is 477 g/mol. The number of benzene rings is 1. The van der Waals surface area contributed by atoms with Crippen LogP contribution in [0.2, 0.25) is 0 Å². The summed E-state index contributed by atoms with van der Waals surface area (Å²) in [5, 5.41) is 7.07. The first-order valence-electron chi connectivity index (χ1n) is 9.96. The Morgan fingerprint density at radius 1 is 1.12 bits per heavy atom. The van der Waals surface area contributed by atoms with Gasteiger partial charge in [-0.15, -0.1) is 0 Å². The molecule has 1 aliphatic rings. The molecule has 12 heteroatoms. The van der Waals surface area contributed by atoms with Gasteiger partial charge in [-0.25, -0.2) is 9.59 Å². The van der Waals surface area contributed by atoms with Crippen LogP contribution in [0.15, 0.2) is 41.0 Å². The number of furan rings is 1. The average Bonchev–Trinajstić information content (AvgIpc) is 3.35. The van der Waals surface area contributed by atoms with Crippen LogP contribution in [0, 0.1) is 0 Å². The van der Waals surface area contributed by atoms with Crippen molar-refractivity contribution in [2.24, 2.45) is 0 Å². The molecule has 1 aromatic carbocycles. The van der Waals surface area contributed by atoms with Gasteiger partial charge in [0.15, 0.2) is 23.9 Å². The molecule has 33 heavy (non-hydrogen) atoms. The Balaban J connectivity index is 1.46. The summed E-state index contributed by atoms with van der Waals surface area (Å²) in [5.74, 6) is -0.553. The third kappa shape index (κ3) is 7.17. The first-order valence-corrected chi connectivity index (χ1v) is 11.4. The van der Waals surface area contributed by atoms with Crippen molar-refractivity contribution < 1.29 is 37.8 Å². The molecule has 2 aromatic rings. The molecular weight excluding hydrogens is 454 g/mol. The number of esters is 1. The van der Waals surface area contributed by atoms with Gasteiger partial charge < -0.3 is 29.3 Å². The number of thioether (sulfide) groups is 1. The van der Waals surface area contributed by atoms with Crippen molar-refractivity contribution in [3.63, 3.8) is 0 Å². The predicted octanol–water partition coefficient (Wildman–Crippen LogP) is 1.79. The lowest BCUT2D eigenvalue weighted by atomic mass is 10.2. The van der Waals surface area contributed by atoms with Gasteiger partial charge in [-0.2, -0.15) is 11.8 Å². The van der Waals surface area contributed by atoms with E-state index in [1.165, 1.54) is 24.1 Å². The molecule has 176 valence electrons. The van der Waals surface area contributed by atoms with E-state index in [0.29, 0.717) is 42.6 Å². The normalized spacial score (nSPS) is 12.9. The van der Waals surface area contributed by atoms with Gasteiger partial charge in [-0.05, 0) is 42.7 Å². The maximum Gasteiger partial charge on any atom is 0.329 e. The quantitative estimate of drug-likeness (QED) is 0.460. The highest BCUT2D eigenvalue weighted by atomic mass is 32.2. The van der Waals surface area contributed by atoms with Crippen LogP contribution in [0.3, 0.4) is 0 Å². The van der Waals surface area contributed by atoms with E-state index in [1.54, 1.807) is 24.3 Å². The fourth-order valence-corrected chi connectivity index (χ4v) is 3.28. The van der Waals surface area contributed by atoms with Crippen LogP contribution in [0.5, 0.6) is 11.5 Å². The number of carbonyl (C=O) groups excluding carboxylic acids is 4. The van der Waals surface area contributed by atoms with Crippen molar-refractivity contribution in [2.75, 3.05) is 37.1 Å². The summed E-state index contributed by atoms with van der Waals surface area (Å²) in [6, 6.07) is 6.02. The summed E-state index contributed by atoms with van der Waals surface area (Å²) in [4.78, 5) is 48.6. The van der Waals surface area contributed by atoms with E-state index in [9.17, 15) is 19.2 Å². The zero-order valence-electron chi connectivity index (χ0n) is 17.8. The highest BCUT2D eigenvalue weighted by molar-refractivity contribution is 7.98. The molecule has 0 fully saturated rings. The van der Waals surface area contributed by atoms with Gasteiger partial charge in [0.2, 0.25) is 0 Å². The first-order chi connectivity index (χ1) is 16.0. The summed E-state index contributed by atoms with van der Waals surface area (Å²) in [5.41, 5.74) is 0.388. The topological polar surface area (TPSA) is 145 Å². The number of carbonyl (C=O) groups is 4. The molecule has 4 amide bonds. The lowest BCUT2D eigenvalue weighted by Crippen LogP contribution is -2.44. The Morgan fingerprint density at radius 3 is 2.64 bits per heavy atom. The van der Waals surface area contributed by atoms with Crippen molar-refractivity contribution >= 4 is 41.3 Å². The Labute approximate surface area is 193 Å². The Hall–Kier alpha value is -3.67. The minimum atomic E-state index is -0.977. The summed E-state index contributed by atoms with van der Waals surface area (Å²) < 4.78 is 20.8. The Bertz CT molecular complexity index is 995. The van der Waals surface area contributed by atoms with E-state index >= 15 is 0 Å². The van der Waals surface area contributed by atoms with Crippen LogP contribution < -0.4 is 25.4 Å². The molecule has 1 aromatic heterocycles. The third-order valence-electron chi connectivity index (χ3n) is 4.34. The van der Waals surface area contributed by atoms with Crippen molar-refractivity contribution in [1.82, 2.24) is 10.6 Å². The van der Waals surface area contributed by atoms with E-state index < -0.39 is 36.5 Å². The standard InChI is InChI=1S/C21H23N3O8S/c1-33-10-6-14(23-19(26)16-3-2-7-29-16)20(27)32-12-18(25)24-21(28)22-13-4-5-15-17(11-13)31-9-8-30-15/h2-5,7,11,14H,6,8-10,12H2,1H3,(H,23,26)(H2,22,24,25,28). The van der Waals surface area contributed by atoms with Crippen molar-refractivity contribution in [3.05, 3.63) is 42.4 Å². The van der Waals surface area contributed by atoms with E-state index in [0.717, 1.165) is 0 Å². The number of rotatable bonds is 9. The molecule has 0 bridgehead atoms. The van der Waals surface area contributed by atoms with Crippen molar-refractivity contribution in [1.29, 1.82) is 0 Å². The number of nitrogens with one attached hydrogen (secondary N) is 3. The van der Waals surface area contributed by atoms with Crippen LogP contribution in [-0.2, 0) is 14.3 Å². The van der Waals surface area contributed by atoms with E-state index in [4.69, 9.17) is 18.6 Å². The Morgan fingerprint density at radius 2 is 1.91 bits per heavy atom. The molecule has 3 N–H and O–H groups in total. The SMILES string of the molecule is CSCCC(NC(=O)c1ccco1)C(=O)OCC(=O)NC(=O)Nc1ccc2c(c1)OCCO2. The van der Waals surface area contributed by atoms with Crippen LogP contribution in [0.4, 0.5) is 10.5 Å². The van der Waals surface area contributed by atoms with Crippen LogP contribution in [0.1, 0.15) is 17.0 Å². The van der Waals surface area contributed by atoms with Gasteiger partial charge in [-0.1, -0.05) is 0 Å². The van der Waals surface area contributed by atoms with Crippen molar-refractivity contribution in [3.8, 4) is 11.5 Å². The number of hydrogen-bond donors (Lipinski definition) is 3. The highest BCUT2D eigenvalue weighted by Gasteiger charge is 2.24. The van der Waals surface area contributed by atoms with Gasteiger partial charge in [0.25, 0.3) is 11.8 Å². The molecular formula is C21H23N3O8S. The van der Waals surface area contributed by atoms with Crippen LogP contribution in [0.25, 0.3) is 0 Å². The number of hydrogen-bond acceptors (Lipinski definition) is 9. The largest absolute Gasteiger partial charge is 0.486 e. The van der Waals surface area contributed by atoms with Gasteiger partial charge in [0.1, 0.15) is 19.3 Å². The van der Waals surface area contributed by atoms with E-state index in [2.05, 4.69) is 16.0 Å². The number of amides is 4. The average molecular weight is 477 g/mol. The molecule has 11 nitrogen and oxygen atoms in total. The molecule has 0 saturated carbocycles. The molecule has 0 saturated heterocycles. The summed E-state index contributed by atoms with van der Waals surface area (Å²) in [6.07, 6.45) is 3.48. The number of imide groups is 1. The second-order valence-corrected chi connectivity index (χ2v) is 7.74. The molecule has 1 aliphatic heterocycles. The summed E-state index contributed by atoms with van der Waals surface area (Å²) in [7, 11) is 0. The summed E-state index contributed by atoms with van der Waals surface area (Å²) in [6.45, 7) is 0.143. The second kappa shape index (κ2) is 11.8. The lowest BCUT2D eigenvalue weighted by molar-refractivity contribution is -0.150. The third-order valence-corrected chi connectivity index (χ3v) is 4.99. The molecule has 0 aliphatic carbocycles. The maximum atomic E-state index is 12.4. The van der Waals surface area contributed by atoms with Gasteiger partial charge in [-0.3, -0.25) is 14.9 Å². The minimum absolute atomic E-state index is 0.0468. The zero-order chi connectivity index (χ0) is 23.6. The van der Waals surface area contributed by atoms with Crippen molar-refractivity contribution in [2.45, 2.75) is 12.5 Å². The first kappa shape index (κ1) is 24.0. The summed E-state index contributed by atoms with van der Waals surface area (Å²) >= 11 is 1.48. The van der Waals surface area contributed by atoms with E-state index in [-0.39, 0.29) is 5.76 Å². The number of fused-ring (bicyclic) bond motifs is 1. The highest BCUT2D eigenvalue weighted by Crippen LogP contribution is 2.32. The second-order valence-electron chi connectivity index (χ2n) is 6.75. The van der Waals surface area contributed by atoms with Crippen LogP contribution in [-0.4, -0.2) is 61.7 Å². The fraction of sp³-hybridized carbons (Fsp3) is 0.333. The Kier molecular flexibility index (Phi) is 8.58. The van der Waals surface area contributed by atoms with Gasteiger partial charge in [0, 0.05) is 11.8 Å². The molecule has 1 unspecified atom stereocenters. The lowest BCUT2D eigenvalue weighted by Gasteiger charge is -2.19. The fourth-order valence-electron chi connectivity index (χ4n) is 2.81. The van der Waals surface area contributed by atoms with Gasteiger partial charge in [0.05, 0.1) is 6.26 Å². The smallest absolute Gasteiger partial charge is 0.329 e. The minimum Gasteiger partial charge on any atom is -0.486 e. The molecule has 2 heterocycles. The molecule has 1 atom stereocenters. The number of anilines is 1. The zero-order valence-corrected chi connectivity index (χ0v) is 18.6. The number of ether oxygens (including phenoxy) is 3. The predicted molar refractivity (Wildman–Crippen MR) is 119 cm³/mol. The van der Waals surface area contributed by atoms with Crippen LogP contribution >= 0.6 is 11.8 Å². The number of urea groups is 1. The molecule has 0 spiro atoms. The van der Waals surface area contributed by atoms with Gasteiger partial charge >= 0.3 is 12.0 Å². The molecule has 3 rings (SSSR count). The molecule has 0 radical (unpaired) electrons. The maximum absolute atomic E-state index is 12.4.